The van der Waals surface area contributed by atoms with E-state index in [9.17, 15) is 4.79 Å². The van der Waals surface area contributed by atoms with Gasteiger partial charge in [-0.1, -0.05) is 32.1 Å². The highest BCUT2D eigenvalue weighted by molar-refractivity contribution is 5.93. The molecule has 0 unspecified atom stereocenters. The minimum absolute atomic E-state index is 0.0367. The van der Waals surface area contributed by atoms with Gasteiger partial charge in [-0.3, -0.25) is 0 Å². The average Bonchev–Trinajstić information content (AvgIpc) is 2.26. The smallest absolute Gasteiger partial charge is 0.341 e. The van der Waals surface area contributed by atoms with Crippen LogP contribution in [0.5, 0.6) is 0 Å². The Morgan fingerprint density at radius 3 is 2.26 bits per heavy atom. The first-order valence-corrected chi connectivity index (χ1v) is 6.97. The average molecular weight is 263 g/mol. The first-order valence-electron chi connectivity index (χ1n) is 6.97. The molecule has 1 saturated carbocycles. The SMILES string of the molecule is Cc1nc(C2CCCCCCC2)nc(N)c1C(=O)O. The molecule has 1 aromatic rings. The van der Waals surface area contributed by atoms with Crippen molar-refractivity contribution >= 4 is 11.8 Å². The van der Waals surface area contributed by atoms with E-state index in [2.05, 4.69) is 9.97 Å². The van der Waals surface area contributed by atoms with Crippen molar-refractivity contribution in [3.8, 4) is 0 Å². The molecule has 1 aliphatic rings. The minimum Gasteiger partial charge on any atom is -0.477 e. The largest absolute Gasteiger partial charge is 0.477 e. The molecule has 0 radical (unpaired) electrons. The van der Waals surface area contributed by atoms with Gasteiger partial charge >= 0.3 is 5.97 Å². The molecule has 0 amide bonds. The third-order valence-corrected chi connectivity index (χ3v) is 3.82. The van der Waals surface area contributed by atoms with Crippen LogP contribution in [0, 0.1) is 6.92 Å². The molecule has 3 N–H and O–H groups in total. The van der Waals surface area contributed by atoms with E-state index in [0.29, 0.717) is 11.6 Å². The molecule has 0 bridgehead atoms. The molecular weight excluding hydrogens is 242 g/mol. The Morgan fingerprint density at radius 1 is 1.16 bits per heavy atom. The first-order chi connectivity index (χ1) is 9.09. The van der Waals surface area contributed by atoms with Crippen molar-refractivity contribution < 1.29 is 9.90 Å². The van der Waals surface area contributed by atoms with E-state index in [1.54, 1.807) is 6.92 Å². The van der Waals surface area contributed by atoms with Crippen LogP contribution in [0.2, 0.25) is 0 Å². The third-order valence-electron chi connectivity index (χ3n) is 3.82. The second-order valence-electron chi connectivity index (χ2n) is 5.27. The normalized spacial score (nSPS) is 17.7. The Labute approximate surface area is 113 Å². The Kier molecular flexibility index (Phi) is 4.35. The van der Waals surface area contributed by atoms with E-state index in [4.69, 9.17) is 10.8 Å². The van der Waals surface area contributed by atoms with Gasteiger partial charge in [0.2, 0.25) is 0 Å². The van der Waals surface area contributed by atoms with Crippen LogP contribution < -0.4 is 5.73 Å². The molecule has 1 fully saturated rings. The highest BCUT2D eigenvalue weighted by Crippen LogP contribution is 2.30. The zero-order valence-electron chi connectivity index (χ0n) is 11.4. The van der Waals surface area contributed by atoms with Gasteiger partial charge in [0.1, 0.15) is 17.2 Å². The number of carboxylic acid groups (broad SMARTS) is 1. The summed E-state index contributed by atoms with van der Waals surface area (Å²) in [6, 6.07) is 0. The second kappa shape index (κ2) is 5.99. The summed E-state index contributed by atoms with van der Waals surface area (Å²) in [5.74, 6) is 0.0855. The number of nitrogens with zero attached hydrogens (tertiary/aromatic N) is 2. The maximum absolute atomic E-state index is 11.1. The Balaban J connectivity index is 2.26. The van der Waals surface area contributed by atoms with Crippen molar-refractivity contribution in [2.24, 2.45) is 0 Å². The lowest BCUT2D eigenvalue weighted by molar-refractivity contribution is 0.0696. The molecule has 1 heterocycles. The van der Waals surface area contributed by atoms with Gasteiger partial charge in [-0.05, 0) is 19.8 Å². The van der Waals surface area contributed by atoms with Crippen molar-refractivity contribution in [2.45, 2.75) is 57.8 Å². The maximum atomic E-state index is 11.1. The minimum atomic E-state index is -1.06. The summed E-state index contributed by atoms with van der Waals surface area (Å²) in [6.45, 7) is 1.69. The van der Waals surface area contributed by atoms with Crippen LogP contribution in [0.4, 0.5) is 5.82 Å². The molecule has 1 aromatic heterocycles. The fourth-order valence-corrected chi connectivity index (χ4v) is 2.78. The van der Waals surface area contributed by atoms with Crippen LogP contribution in [0.3, 0.4) is 0 Å². The summed E-state index contributed by atoms with van der Waals surface area (Å²) in [5.41, 5.74) is 6.27. The summed E-state index contributed by atoms with van der Waals surface area (Å²) in [7, 11) is 0. The predicted octanol–water partition coefficient (Wildman–Crippen LogP) is 2.89. The van der Waals surface area contributed by atoms with Gasteiger partial charge in [0.15, 0.2) is 0 Å². The van der Waals surface area contributed by atoms with E-state index >= 15 is 0 Å². The molecule has 2 rings (SSSR count). The summed E-state index contributed by atoms with van der Waals surface area (Å²) in [5, 5.41) is 9.07. The fourth-order valence-electron chi connectivity index (χ4n) is 2.78. The van der Waals surface area contributed by atoms with E-state index in [1.807, 2.05) is 0 Å². The zero-order chi connectivity index (χ0) is 13.8. The van der Waals surface area contributed by atoms with Crippen LogP contribution in [0.25, 0.3) is 0 Å². The van der Waals surface area contributed by atoms with E-state index in [0.717, 1.165) is 18.7 Å². The molecular formula is C14H21N3O2. The van der Waals surface area contributed by atoms with Crippen molar-refractivity contribution in [3.63, 3.8) is 0 Å². The Morgan fingerprint density at radius 2 is 1.74 bits per heavy atom. The van der Waals surface area contributed by atoms with E-state index in [-0.39, 0.29) is 11.4 Å². The van der Waals surface area contributed by atoms with Gasteiger partial charge in [-0.2, -0.15) is 0 Å². The van der Waals surface area contributed by atoms with Gasteiger partial charge in [0.25, 0.3) is 0 Å². The molecule has 0 atom stereocenters. The number of aromatic nitrogens is 2. The Hall–Kier alpha value is -1.65. The lowest BCUT2D eigenvalue weighted by Gasteiger charge is -2.19. The lowest BCUT2D eigenvalue weighted by Crippen LogP contribution is -2.14. The van der Waals surface area contributed by atoms with Crippen molar-refractivity contribution in [3.05, 3.63) is 17.1 Å². The van der Waals surface area contributed by atoms with Crippen LogP contribution in [0.15, 0.2) is 0 Å². The highest BCUT2D eigenvalue weighted by atomic mass is 16.4. The number of rotatable bonds is 2. The number of carbonyl (C=O) groups is 1. The molecule has 0 saturated heterocycles. The number of anilines is 1. The number of hydrogen-bond acceptors (Lipinski definition) is 4. The number of carboxylic acids is 1. The van der Waals surface area contributed by atoms with Gasteiger partial charge in [-0.25, -0.2) is 14.8 Å². The third kappa shape index (κ3) is 3.22. The van der Waals surface area contributed by atoms with Crippen molar-refractivity contribution in [1.29, 1.82) is 0 Å². The molecule has 104 valence electrons. The summed E-state index contributed by atoms with van der Waals surface area (Å²) in [6.07, 6.45) is 8.36. The summed E-state index contributed by atoms with van der Waals surface area (Å²) < 4.78 is 0. The number of aryl methyl sites for hydroxylation is 1. The van der Waals surface area contributed by atoms with Crippen molar-refractivity contribution in [1.82, 2.24) is 9.97 Å². The maximum Gasteiger partial charge on any atom is 0.341 e. The zero-order valence-corrected chi connectivity index (χ0v) is 11.4. The van der Waals surface area contributed by atoms with E-state index in [1.165, 1.54) is 32.1 Å². The summed E-state index contributed by atoms with van der Waals surface area (Å²) >= 11 is 0. The molecule has 19 heavy (non-hydrogen) atoms. The molecule has 0 spiro atoms. The highest BCUT2D eigenvalue weighted by Gasteiger charge is 2.21. The predicted molar refractivity (Wildman–Crippen MR) is 73.2 cm³/mol. The molecule has 1 aliphatic carbocycles. The van der Waals surface area contributed by atoms with Crippen LogP contribution in [0.1, 0.15) is 72.7 Å². The number of nitrogen functional groups attached to an aromatic ring is 1. The first kappa shape index (κ1) is 13.8. The van der Waals surface area contributed by atoms with Gasteiger partial charge in [-0.15, -0.1) is 0 Å². The van der Waals surface area contributed by atoms with Gasteiger partial charge in [0.05, 0.1) is 5.69 Å². The lowest BCUT2D eigenvalue weighted by atomic mass is 9.90. The van der Waals surface area contributed by atoms with Gasteiger partial charge in [0, 0.05) is 5.92 Å². The van der Waals surface area contributed by atoms with Gasteiger partial charge < -0.3 is 10.8 Å². The molecule has 0 aromatic carbocycles. The molecule has 5 nitrogen and oxygen atoms in total. The van der Waals surface area contributed by atoms with Crippen LogP contribution in [-0.4, -0.2) is 21.0 Å². The monoisotopic (exact) mass is 263 g/mol. The number of hydrogen-bond donors (Lipinski definition) is 2. The standard InChI is InChI=1S/C14H21N3O2/c1-9-11(14(18)19)12(15)17-13(16-9)10-7-5-3-2-4-6-8-10/h10H,2-8H2,1H3,(H,18,19)(H2,15,16,17). The summed E-state index contributed by atoms with van der Waals surface area (Å²) in [4.78, 5) is 19.7. The van der Waals surface area contributed by atoms with Crippen LogP contribution >= 0.6 is 0 Å². The fraction of sp³-hybridized carbons (Fsp3) is 0.643. The Bertz CT molecular complexity index is 443. The van der Waals surface area contributed by atoms with Crippen LogP contribution in [-0.2, 0) is 0 Å². The van der Waals surface area contributed by atoms with E-state index < -0.39 is 5.97 Å². The number of nitrogens with two attached hydrogens (primary N) is 1. The second-order valence-corrected chi connectivity index (χ2v) is 5.27. The quantitative estimate of drug-likeness (QED) is 0.856. The topological polar surface area (TPSA) is 89.1 Å². The molecule has 0 aliphatic heterocycles. The van der Waals surface area contributed by atoms with Crippen molar-refractivity contribution in [2.75, 3.05) is 5.73 Å². The number of aromatic carboxylic acids is 1. The molecule has 5 heteroatoms.